The summed E-state index contributed by atoms with van der Waals surface area (Å²) >= 11 is 0. The second kappa shape index (κ2) is 12.6. The molecule has 0 radical (unpaired) electrons. The number of hydrogen-bond acceptors (Lipinski definition) is 5. The molecular weight excluding hydrogens is 514 g/mol. The lowest BCUT2D eigenvalue weighted by atomic mass is 9.93. The Morgan fingerprint density at radius 1 is 1.11 bits per heavy atom. The maximum atomic E-state index is 14.0. The molecule has 0 spiro atoms. The number of aliphatic imine (C=N–C) groups is 1. The van der Waals surface area contributed by atoms with Gasteiger partial charge < -0.3 is 14.0 Å². The molecule has 0 saturated heterocycles. The molecule has 0 aromatic heterocycles. The van der Waals surface area contributed by atoms with E-state index in [0.717, 1.165) is 25.3 Å². The fraction of sp³-hybridized carbons (Fsp3) is 0.690. The van der Waals surface area contributed by atoms with E-state index in [1.165, 1.54) is 6.07 Å². The summed E-state index contributed by atoms with van der Waals surface area (Å²) in [7, 11) is -3.15. The van der Waals surface area contributed by atoms with E-state index in [1.54, 1.807) is 13.0 Å². The molecule has 216 valence electrons. The summed E-state index contributed by atoms with van der Waals surface area (Å²) in [6.45, 7) is 17.3. The Balaban J connectivity index is 2.19. The van der Waals surface area contributed by atoms with E-state index in [-0.39, 0.29) is 25.6 Å². The SMILES string of the molecule is C=CCCCCCOc1ccc(CCC2(COP(=O)(C(C)(C)C)C(C)(C)C)COC(C)=N2)cc1C(F)(F)F. The van der Waals surface area contributed by atoms with Gasteiger partial charge in [0.15, 0.2) is 5.90 Å². The minimum absolute atomic E-state index is 0.0648. The number of rotatable bonds is 13. The van der Waals surface area contributed by atoms with Crippen LogP contribution >= 0.6 is 7.37 Å². The number of benzene rings is 1. The van der Waals surface area contributed by atoms with Crippen LogP contribution in [0.15, 0.2) is 35.8 Å². The third-order valence-electron chi connectivity index (χ3n) is 6.76. The minimum atomic E-state index is -4.54. The Kier molecular flexibility index (Phi) is 10.7. The average Bonchev–Trinajstić information content (AvgIpc) is 3.17. The molecule has 1 heterocycles. The summed E-state index contributed by atoms with van der Waals surface area (Å²) in [6.07, 6.45) is 1.38. The molecule has 9 heteroatoms. The highest BCUT2D eigenvalue weighted by Crippen LogP contribution is 2.67. The van der Waals surface area contributed by atoms with Crippen molar-refractivity contribution in [2.24, 2.45) is 4.99 Å². The van der Waals surface area contributed by atoms with Gasteiger partial charge in [-0.05, 0) is 56.2 Å². The van der Waals surface area contributed by atoms with Gasteiger partial charge in [-0.2, -0.15) is 13.2 Å². The van der Waals surface area contributed by atoms with Gasteiger partial charge in [0.1, 0.15) is 17.9 Å². The number of unbranched alkanes of at least 4 members (excludes halogenated alkanes) is 3. The fourth-order valence-electron chi connectivity index (χ4n) is 4.72. The average molecular weight is 560 g/mol. The Morgan fingerprint density at radius 2 is 1.76 bits per heavy atom. The van der Waals surface area contributed by atoms with E-state index < -0.39 is 35.0 Å². The van der Waals surface area contributed by atoms with Gasteiger partial charge in [0.05, 0.1) is 18.8 Å². The molecule has 0 fully saturated rings. The molecule has 0 aliphatic carbocycles. The summed E-state index contributed by atoms with van der Waals surface area (Å²) in [5.41, 5.74) is -1.08. The van der Waals surface area contributed by atoms with E-state index in [4.69, 9.17) is 14.0 Å². The van der Waals surface area contributed by atoms with Gasteiger partial charge in [-0.15, -0.1) is 6.58 Å². The number of aryl methyl sites for hydroxylation is 1. The van der Waals surface area contributed by atoms with Crippen molar-refractivity contribution < 1.29 is 31.7 Å². The van der Waals surface area contributed by atoms with Crippen LogP contribution < -0.4 is 4.74 Å². The number of allylic oxidation sites excluding steroid dienone is 1. The van der Waals surface area contributed by atoms with Gasteiger partial charge in [0.2, 0.25) is 7.37 Å². The Labute approximate surface area is 226 Å². The zero-order chi connectivity index (χ0) is 28.8. The van der Waals surface area contributed by atoms with Crippen molar-refractivity contribution in [1.82, 2.24) is 0 Å². The largest absolute Gasteiger partial charge is 0.493 e. The van der Waals surface area contributed by atoms with Crippen LogP contribution in [0.2, 0.25) is 0 Å². The molecule has 2 rings (SSSR count). The number of nitrogens with zero attached hydrogens (tertiary/aromatic N) is 1. The molecule has 5 nitrogen and oxygen atoms in total. The van der Waals surface area contributed by atoms with E-state index in [9.17, 15) is 17.7 Å². The van der Waals surface area contributed by atoms with Crippen molar-refractivity contribution in [3.63, 3.8) is 0 Å². The molecular formula is C29H45F3NO4P. The Hall–Kier alpha value is -1.79. The maximum absolute atomic E-state index is 14.0. The van der Waals surface area contributed by atoms with E-state index in [0.29, 0.717) is 30.7 Å². The molecule has 0 N–H and O–H groups in total. The van der Waals surface area contributed by atoms with Crippen LogP contribution in [0.3, 0.4) is 0 Å². The summed E-state index contributed by atoms with van der Waals surface area (Å²) in [5, 5.41) is -1.18. The molecule has 1 aromatic rings. The molecule has 0 saturated carbocycles. The van der Waals surface area contributed by atoms with Crippen LogP contribution in [-0.2, 0) is 26.4 Å². The zero-order valence-electron chi connectivity index (χ0n) is 24.0. The highest BCUT2D eigenvalue weighted by atomic mass is 31.2. The Bertz CT molecular complexity index is 1010. The number of alkyl halides is 3. The van der Waals surface area contributed by atoms with Crippen molar-refractivity contribution in [3.8, 4) is 5.75 Å². The first-order valence-electron chi connectivity index (χ1n) is 13.3. The maximum Gasteiger partial charge on any atom is 0.419 e. The van der Waals surface area contributed by atoms with Crippen molar-refractivity contribution in [2.45, 2.75) is 109 Å². The van der Waals surface area contributed by atoms with Crippen LogP contribution in [-0.4, -0.2) is 41.6 Å². The predicted octanol–water partition coefficient (Wildman–Crippen LogP) is 8.84. The van der Waals surface area contributed by atoms with E-state index in [1.807, 2.05) is 47.6 Å². The van der Waals surface area contributed by atoms with Gasteiger partial charge in [0, 0.05) is 17.2 Å². The summed E-state index contributed by atoms with van der Waals surface area (Å²) in [6, 6.07) is 4.22. The van der Waals surface area contributed by atoms with Crippen molar-refractivity contribution in [2.75, 3.05) is 19.8 Å². The first-order valence-corrected chi connectivity index (χ1v) is 14.9. The third-order valence-corrected chi connectivity index (χ3v) is 10.8. The molecule has 1 aromatic carbocycles. The number of halogens is 3. The Morgan fingerprint density at radius 3 is 2.29 bits per heavy atom. The molecule has 1 unspecified atom stereocenters. The summed E-state index contributed by atoms with van der Waals surface area (Å²) in [4.78, 5) is 4.66. The lowest BCUT2D eigenvalue weighted by Crippen LogP contribution is -2.38. The van der Waals surface area contributed by atoms with Gasteiger partial charge >= 0.3 is 6.18 Å². The van der Waals surface area contributed by atoms with Gasteiger partial charge in [-0.25, -0.2) is 4.99 Å². The number of ether oxygens (including phenoxy) is 2. The molecule has 1 aliphatic heterocycles. The minimum Gasteiger partial charge on any atom is -0.493 e. The van der Waals surface area contributed by atoms with Crippen molar-refractivity contribution in [3.05, 3.63) is 42.0 Å². The quantitative estimate of drug-likeness (QED) is 0.138. The van der Waals surface area contributed by atoms with Gasteiger partial charge in [0.25, 0.3) is 0 Å². The normalized spacial score (nSPS) is 18.7. The molecule has 38 heavy (non-hydrogen) atoms. The van der Waals surface area contributed by atoms with Crippen LogP contribution in [0, 0.1) is 0 Å². The monoisotopic (exact) mass is 559 g/mol. The first kappa shape index (κ1) is 32.4. The van der Waals surface area contributed by atoms with Crippen LogP contribution in [0.4, 0.5) is 13.2 Å². The lowest BCUT2D eigenvalue weighted by Gasteiger charge is -2.41. The summed E-state index contributed by atoms with van der Waals surface area (Å²) in [5.74, 6) is 0.333. The number of hydrogen-bond donors (Lipinski definition) is 0. The van der Waals surface area contributed by atoms with Crippen molar-refractivity contribution >= 4 is 13.3 Å². The summed E-state index contributed by atoms with van der Waals surface area (Å²) < 4.78 is 73.0. The predicted molar refractivity (Wildman–Crippen MR) is 149 cm³/mol. The highest BCUT2D eigenvalue weighted by molar-refractivity contribution is 7.62. The van der Waals surface area contributed by atoms with Gasteiger partial charge in [-0.3, -0.25) is 4.57 Å². The van der Waals surface area contributed by atoms with Crippen LogP contribution in [0.5, 0.6) is 5.75 Å². The topological polar surface area (TPSA) is 57.1 Å². The first-order chi connectivity index (χ1) is 17.4. The lowest BCUT2D eigenvalue weighted by molar-refractivity contribution is -0.139. The van der Waals surface area contributed by atoms with Gasteiger partial charge in [-0.1, -0.05) is 53.7 Å². The highest BCUT2D eigenvalue weighted by Gasteiger charge is 2.50. The van der Waals surface area contributed by atoms with Crippen molar-refractivity contribution in [1.29, 1.82) is 0 Å². The second-order valence-electron chi connectivity index (χ2n) is 12.1. The second-order valence-corrected chi connectivity index (χ2v) is 16.2. The fourth-order valence-corrected chi connectivity index (χ4v) is 7.93. The van der Waals surface area contributed by atoms with E-state index in [2.05, 4.69) is 11.6 Å². The molecule has 1 aliphatic rings. The van der Waals surface area contributed by atoms with Crippen LogP contribution in [0.25, 0.3) is 0 Å². The smallest absolute Gasteiger partial charge is 0.419 e. The zero-order valence-corrected chi connectivity index (χ0v) is 24.9. The third kappa shape index (κ3) is 8.35. The standard InChI is InChI=1S/C29H45F3NO4P/c1-9-10-11-12-13-18-35-25-15-14-23(19-24(25)29(30,31)32)16-17-28(20-36-22(2)33-28)21-37-38(34,26(3,4)5)27(6,7)8/h9,14-15,19H,1,10-13,16-18,20-21H2,2-8H3. The van der Waals surface area contributed by atoms with E-state index >= 15 is 0 Å². The van der Waals surface area contributed by atoms with Crippen LogP contribution in [0.1, 0.15) is 91.7 Å². The molecule has 1 atom stereocenters. The molecule has 0 amide bonds. The molecule has 0 bridgehead atoms.